The van der Waals surface area contributed by atoms with E-state index in [0.717, 1.165) is 11.1 Å². The number of carbonyl (C=O) groups is 1. The van der Waals surface area contributed by atoms with Crippen molar-refractivity contribution in [2.24, 2.45) is 7.05 Å². The summed E-state index contributed by atoms with van der Waals surface area (Å²) in [7, 11) is 1.82. The average molecular weight is 331 g/mol. The van der Waals surface area contributed by atoms with Gasteiger partial charge in [-0.1, -0.05) is 42.2 Å². The molecule has 0 spiro atoms. The number of carbonyl (C=O) groups excluding carboxylic acids is 1. The number of benzene rings is 2. The van der Waals surface area contributed by atoms with Gasteiger partial charge in [0.2, 0.25) is 0 Å². The lowest BCUT2D eigenvalue weighted by Gasteiger charge is -2.08. The first-order valence-electron chi connectivity index (χ1n) is 7.76. The Labute approximate surface area is 145 Å². The van der Waals surface area contributed by atoms with E-state index in [-0.39, 0.29) is 6.03 Å². The molecule has 124 valence electrons. The second kappa shape index (κ2) is 7.79. The maximum absolute atomic E-state index is 12.1. The summed E-state index contributed by atoms with van der Waals surface area (Å²) in [6.45, 7) is 0.292. The molecular weight excluding hydrogens is 314 g/mol. The second-order valence-electron chi connectivity index (χ2n) is 5.33. The molecular formula is C19H17N5O. The summed E-state index contributed by atoms with van der Waals surface area (Å²) in [5.74, 6) is 6.86. The molecule has 2 N–H and O–H groups in total. The Morgan fingerprint density at radius 3 is 2.60 bits per heavy atom. The normalized spacial score (nSPS) is 9.80. The van der Waals surface area contributed by atoms with E-state index in [0.29, 0.717) is 18.1 Å². The van der Waals surface area contributed by atoms with Crippen LogP contribution in [0, 0.1) is 11.8 Å². The van der Waals surface area contributed by atoms with Crippen molar-refractivity contribution < 1.29 is 4.79 Å². The van der Waals surface area contributed by atoms with Gasteiger partial charge in [-0.3, -0.25) is 0 Å². The van der Waals surface area contributed by atoms with Gasteiger partial charge < -0.3 is 15.2 Å². The first-order chi connectivity index (χ1) is 12.2. The van der Waals surface area contributed by atoms with Crippen LogP contribution >= 0.6 is 0 Å². The monoisotopic (exact) mass is 331 g/mol. The number of aromatic nitrogens is 3. The highest BCUT2D eigenvalue weighted by molar-refractivity contribution is 5.90. The highest BCUT2D eigenvalue weighted by Gasteiger charge is 2.07. The van der Waals surface area contributed by atoms with E-state index in [1.54, 1.807) is 10.9 Å². The van der Waals surface area contributed by atoms with Crippen LogP contribution in [0.4, 0.5) is 10.5 Å². The van der Waals surface area contributed by atoms with E-state index in [4.69, 9.17) is 0 Å². The van der Waals surface area contributed by atoms with Crippen molar-refractivity contribution in [3.63, 3.8) is 0 Å². The molecule has 0 bridgehead atoms. The molecule has 6 heteroatoms. The highest BCUT2D eigenvalue weighted by atomic mass is 16.2. The maximum Gasteiger partial charge on any atom is 0.319 e. The number of amides is 2. The van der Waals surface area contributed by atoms with Crippen LogP contribution in [-0.4, -0.2) is 20.8 Å². The number of hydrogen-bond donors (Lipinski definition) is 2. The van der Waals surface area contributed by atoms with Gasteiger partial charge in [-0.25, -0.2) is 4.79 Å². The molecule has 0 saturated carbocycles. The van der Waals surface area contributed by atoms with Gasteiger partial charge in [0.1, 0.15) is 6.33 Å². The number of rotatable bonds is 3. The molecule has 1 heterocycles. The fourth-order valence-corrected chi connectivity index (χ4v) is 2.16. The molecule has 3 aromatic rings. The largest absolute Gasteiger partial charge is 0.331 e. The molecule has 0 radical (unpaired) electrons. The predicted octanol–water partition coefficient (Wildman–Crippen LogP) is 2.54. The van der Waals surface area contributed by atoms with Crippen LogP contribution in [0.3, 0.4) is 0 Å². The molecule has 0 aliphatic heterocycles. The molecule has 25 heavy (non-hydrogen) atoms. The van der Waals surface area contributed by atoms with Crippen molar-refractivity contribution in [3.8, 4) is 11.8 Å². The summed E-state index contributed by atoms with van der Waals surface area (Å²) in [5.41, 5.74) is 2.32. The molecule has 0 saturated heterocycles. The average Bonchev–Trinajstić information content (AvgIpc) is 3.05. The van der Waals surface area contributed by atoms with Gasteiger partial charge in [-0.05, 0) is 24.3 Å². The van der Waals surface area contributed by atoms with Crippen LogP contribution in [0.25, 0.3) is 0 Å². The maximum atomic E-state index is 12.1. The summed E-state index contributed by atoms with van der Waals surface area (Å²) in [6.07, 6.45) is 1.59. The molecule has 0 fully saturated rings. The minimum Gasteiger partial charge on any atom is -0.331 e. The van der Waals surface area contributed by atoms with Crippen LogP contribution in [0.1, 0.15) is 17.0 Å². The summed E-state index contributed by atoms with van der Waals surface area (Å²) in [6, 6.07) is 16.8. The number of nitrogens with one attached hydrogen (secondary N) is 2. The fraction of sp³-hybridized carbons (Fsp3) is 0.105. The van der Waals surface area contributed by atoms with Gasteiger partial charge in [0.25, 0.3) is 0 Å². The smallest absolute Gasteiger partial charge is 0.319 e. The van der Waals surface area contributed by atoms with E-state index in [2.05, 4.69) is 32.7 Å². The third-order valence-corrected chi connectivity index (χ3v) is 3.50. The molecule has 0 unspecified atom stereocenters. The van der Waals surface area contributed by atoms with Gasteiger partial charge in [0.05, 0.1) is 12.2 Å². The lowest BCUT2D eigenvalue weighted by Crippen LogP contribution is -2.29. The molecule has 2 aromatic carbocycles. The van der Waals surface area contributed by atoms with Crippen molar-refractivity contribution in [2.75, 3.05) is 5.32 Å². The van der Waals surface area contributed by atoms with Crippen LogP contribution in [0.15, 0.2) is 60.9 Å². The standard InChI is InChI=1S/C19H17N5O/c1-24-14-21-23-18(24)13-20-19(25)22-17-10-6-5-9-16(17)12-11-15-7-3-2-4-8-15/h2-10,14H,13H2,1H3,(H2,20,22,25). The Morgan fingerprint density at radius 2 is 1.84 bits per heavy atom. The Kier molecular flexibility index (Phi) is 5.07. The van der Waals surface area contributed by atoms with Gasteiger partial charge in [-0.15, -0.1) is 10.2 Å². The lowest BCUT2D eigenvalue weighted by atomic mass is 10.1. The molecule has 3 rings (SSSR count). The molecule has 0 aliphatic carbocycles. The minimum absolute atomic E-state index is 0.292. The number of anilines is 1. The third kappa shape index (κ3) is 4.45. The van der Waals surface area contributed by atoms with Crippen molar-refractivity contribution in [1.82, 2.24) is 20.1 Å². The third-order valence-electron chi connectivity index (χ3n) is 3.50. The predicted molar refractivity (Wildman–Crippen MR) is 95.7 cm³/mol. The van der Waals surface area contributed by atoms with Crippen molar-refractivity contribution in [2.45, 2.75) is 6.54 Å². The molecule has 6 nitrogen and oxygen atoms in total. The SMILES string of the molecule is Cn1cnnc1CNC(=O)Nc1ccccc1C#Cc1ccccc1. The van der Waals surface area contributed by atoms with E-state index < -0.39 is 0 Å². The van der Waals surface area contributed by atoms with E-state index in [1.165, 1.54) is 0 Å². The fourth-order valence-electron chi connectivity index (χ4n) is 2.16. The zero-order valence-corrected chi connectivity index (χ0v) is 13.7. The summed E-state index contributed by atoms with van der Waals surface area (Å²) in [4.78, 5) is 12.1. The van der Waals surface area contributed by atoms with E-state index in [1.807, 2.05) is 61.6 Å². The number of nitrogens with zero attached hydrogens (tertiary/aromatic N) is 3. The number of aryl methyl sites for hydroxylation is 1. The van der Waals surface area contributed by atoms with Gasteiger partial charge in [-0.2, -0.15) is 0 Å². The van der Waals surface area contributed by atoms with Gasteiger partial charge in [0, 0.05) is 18.2 Å². The summed E-state index contributed by atoms with van der Waals surface area (Å²) < 4.78 is 1.75. The van der Waals surface area contributed by atoms with E-state index in [9.17, 15) is 4.79 Å². The Bertz CT molecular complexity index is 921. The first kappa shape index (κ1) is 16.3. The molecule has 2 amide bonds. The van der Waals surface area contributed by atoms with Crippen LogP contribution in [-0.2, 0) is 13.6 Å². The number of hydrogen-bond acceptors (Lipinski definition) is 3. The molecule has 1 aromatic heterocycles. The summed E-state index contributed by atoms with van der Waals surface area (Å²) >= 11 is 0. The van der Waals surface area contributed by atoms with Crippen LogP contribution in [0.2, 0.25) is 0 Å². The van der Waals surface area contributed by atoms with Crippen molar-refractivity contribution in [3.05, 3.63) is 77.9 Å². The Balaban J connectivity index is 1.67. The highest BCUT2D eigenvalue weighted by Crippen LogP contribution is 2.13. The van der Waals surface area contributed by atoms with Crippen molar-refractivity contribution in [1.29, 1.82) is 0 Å². The van der Waals surface area contributed by atoms with Crippen molar-refractivity contribution >= 4 is 11.7 Å². The molecule has 0 aliphatic rings. The van der Waals surface area contributed by atoms with Gasteiger partial charge in [0.15, 0.2) is 5.82 Å². The second-order valence-corrected chi connectivity index (χ2v) is 5.33. The number of para-hydroxylation sites is 1. The topological polar surface area (TPSA) is 71.8 Å². The zero-order valence-electron chi connectivity index (χ0n) is 13.7. The minimum atomic E-state index is -0.322. The summed E-state index contributed by atoms with van der Waals surface area (Å²) in [5, 5.41) is 13.3. The molecule has 0 atom stereocenters. The zero-order chi connectivity index (χ0) is 17.5. The Hall–Kier alpha value is -3.59. The first-order valence-corrected chi connectivity index (χ1v) is 7.76. The number of urea groups is 1. The Morgan fingerprint density at radius 1 is 1.08 bits per heavy atom. The van der Waals surface area contributed by atoms with Crippen LogP contribution in [0.5, 0.6) is 0 Å². The quantitative estimate of drug-likeness (QED) is 0.725. The lowest BCUT2D eigenvalue weighted by molar-refractivity contribution is 0.251. The van der Waals surface area contributed by atoms with E-state index >= 15 is 0 Å². The van der Waals surface area contributed by atoms with Gasteiger partial charge >= 0.3 is 6.03 Å². The van der Waals surface area contributed by atoms with Crippen LogP contribution < -0.4 is 10.6 Å².